The van der Waals surface area contributed by atoms with Gasteiger partial charge in [0.2, 0.25) is 0 Å². The fraction of sp³-hybridized carbons (Fsp3) is 0.286. The topological polar surface area (TPSA) is 75.0 Å². The fourth-order valence-corrected chi connectivity index (χ4v) is 4.70. The van der Waals surface area contributed by atoms with Crippen molar-refractivity contribution in [1.82, 2.24) is 9.88 Å². The van der Waals surface area contributed by atoms with Crippen LogP contribution in [-0.2, 0) is 4.74 Å². The van der Waals surface area contributed by atoms with Gasteiger partial charge in [-0.05, 0) is 37.6 Å². The van der Waals surface area contributed by atoms with E-state index in [0.29, 0.717) is 23.7 Å². The predicted molar refractivity (Wildman–Crippen MR) is 120 cm³/mol. The summed E-state index contributed by atoms with van der Waals surface area (Å²) in [7, 11) is 0. The van der Waals surface area contributed by atoms with Gasteiger partial charge in [0, 0.05) is 28.5 Å². The molecule has 3 heterocycles. The van der Waals surface area contributed by atoms with E-state index < -0.39 is 5.97 Å². The number of aliphatic imine (C=N–C) groups is 1. The van der Waals surface area contributed by atoms with E-state index in [1.54, 1.807) is 0 Å². The maximum atomic E-state index is 11.9. The van der Waals surface area contributed by atoms with Gasteiger partial charge in [-0.25, -0.2) is 14.8 Å². The van der Waals surface area contributed by atoms with Gasteiger partial charge in [0.25, 0.3) is 0 Å². The molecule has 0 bridgehead atoms. The normalized spacial score (nSPS) is 15.1. The second kappa shape index (κ2) is 8.22. The number of nitrogens with zero attached hydrogens (tertiary/aromatic N) is 3. The first-order valence-electron chi connectivity index (χ1n) is 9.25. The molecule has 1 aromatic carbocycles. The molecule has 1 N–H and O–H groups in total. The van der Waals surface area contributed by atoms with Gasteiger partial charge in [0.05, 0.1) is 18.9 Å². The van der Waals surface area contributed by atoms with Crippen molar-refractivity contribution in [1.29, 1.82) is 0 Å². The van der Waals surface area contributed by atoms with Gasteiger partial charge in [-0.3, -0.25) is 0 Å². The van der Waals surface area contributed by atoms with Crippen molar-refractivity contribution in [2.45, 2.75) is 13.8 Å². The highest BCUT2D eigenvalue weighted by Gasteiger charge is 2.22. The number of aromatic nitrogens is 1. The number of carbonyl (C=O) groups is 1. The molecule has 0 unspecified atom stereocenters. The molecule has 0 amide bonds. The quantitative estimate of drug-likeness (QED) is 0.422. The van der Waals surface area contributed by atoms with Crippen molar-refractivity contribution in [2.24, 2.45) is 4.99 Å². The maximum Gasteiger partial charge on any atom is 0.348 e. The lowest BCUT2D eigenvalue weighted by atomic mass is 10.1. The zero-order valence-electron chi connectivity index (χ0n) is 16.1. The monoisotopic (exact) mass is 473 g/mol. The van der Waals surface area contributed by atoms with Crippen molar-refractivity contribution in [3.63, 3.8) is 0 Å². The summed E-state index contributed by atoms with van der Waals surface area (Å²) in [5, 5.41) is 10.6. The Balaban J connectivity index is 1.84. The Hall–Kier alpha value is -2.29. The van der Waals surface area contributed by atoms with E-state index >= 15 is 0 Å². The number of carboxylic acid groups (broad SMARTS) is 1. The smallest absolute Gasteiger partial charge is 0.348 e. The first-order chi connectivity index (χ1) is 13.9. The van der Waals surface area contributed by atoms with Gasteiger partial charge < -0.3 is 14.7 Å². The Morgan fingerprint density at radius 2 is 1.97 bits per heavy atom. The lowest BCUT2D eigenvalue weighted by Crippen LogP contribution is -2.39. The highest BCUT2D eigenvalue weighted by atomic mass is 79.9. The fourth-order valence-electron chi connectivity index (χ4n) is 3.40. The molecule has 0 atom stereocenters. The molecule has 1 aliphatic heterocycles. The molecule has 0 spiro atoms. The van der Waals surface area contributed by atoms with Gasteiger partial charge >= 0.3 is 5.97 Å². The number of amidine groups is 1. The molecular formula is C21H20BrN3O3S. The van der Waals surface area contributed by atoms with Crippen LogP contribution in [0.1, 0.15) is 22.2 Å². The van der Waals surface area contributed by atoms with Crippen LogP contribution >= 0.6 is 27.3 Å². The number of aromatic carboxylic acids is 1. The van der Waals surface area contributed by atoms with E-state index in [0.717, 1.165) is 45.6 Å². The molecule has 1 saturated heterocycles. The molecule has 0 aliphatic carbocycles. The summed E-state index contributed by atoms with van der Waals surface area (Å²) in [5.41, 5.74) is 3.26. The Kier molecular flexibility index (Phi) is 5.67. The zero-order valence-corrected chi connectivity index (χ0v) is 18.5. The van der Waals surface area contributed by atoms with Gasteiger partial charge in [0.15, 0.2) is 0 Å². The van der Waals surface area contributed by atoms with Crippen molar-refractivity contribution in [3.8, 4) is 11.3 Å². The zero-order chi connectivity index (χ0) is 20.5. The van der Waals surface area contributed by atoms with Crippen LogP contribution < -0.4 is 0 Å². The number of pyridine rings is 1. The van der Waals surface area contributed by atoms with Crippen LogP contribution in [0, 0.1) is 6.92 Å². The standard InChI is InChI=1S/C21H20BrN3O3S/c1-12-11-16(14-3-5-15(22)6-4-14)24-20-17(12)18(19(29-20)21(26)27)23-13(2)25-7-9-28-10-8-25/h3-6,11H,7-10H2,1-2H3,(H,26,27). The van der Waals surface area contributed by atoms with E-state index in [4.69, 9.17) is 14.7 Å². The largest absolute Gasteiger partial charge is 0.477 e. The molecule has 3 aromatic rings. The minimum atomic E-state index is -0.980. The second-order valence-corrected chi connectivity index (χ2v) is 8.77. The summed E-state index contributed by atoms with van der Waals surface area (Å²) in [4.78, 5) is 24.5. The van der Waals surface area contributed by atoms with E-state index in [-0.39, 0.29) is 4.88 Å². The number of thiophene rings is 1. The number of ether oxygens (including phenoxy) is 1. The van der Waals surface area contributed by atoms with Crippen molar-refractivity contribution < 1.29 is 14.6 Å². The number of halogens is 1. The van der Waals surface area contributed by atoms with Crippen LogP contribution in [-0.4, -0.2) is 53.1 Å². The molecular weight excluding hydrogens is 454 g/mol. The van der Waals surface area contributed by atoms with E-state index in [1.807, 2.05) is 44.2 Å². The Labute approximate surface area is 181 Å². The summed E-state index contributed by atoms with van der Waals surface area (Å²) in [6.07, 6.45) is 0. The van der Waals surface area contributed by atoms with Crippen LogP contribution in [0.3, 0.4) is 0 Å². The molecule has 1 fully saturated rings. The molecule has 1 aliphatic rings. The summed E-state index contributed by atoms with van der Waals surface area (Å²) >= 11 is 4.62. The van der Waals surface area contributed by atoms with Crippen molar-refractivity contribution >= 4 is 55.0 Å². The molecule has 0 radical (unpaired) electrons. The Morgan fingerprint density at radius 1 is 1.28 bits per heavy atom. The van der Waals surface area contributed by atoms with E-state index in [9.17, 15) is 9.90 Å². The first-order valence-corrected chi connectivity index (χ1v) is 10.9. The molecule has 6 nitrogen and oxygen atoms in total. The van der Waals surface area contributed by atoms with Crippen LogP contribution in [0.4, 0.5) is 5.69 Å². The highest BCUT2D eigenvalue weighted by Crippen LogP contribution is 2.40. The van der Waals surface area contributed by atoms with E-state index in [2.05, 4.69) is 20.8 Å². The van der Waals surface area contributed by atoms with Crippen LogP contribution in [0.25, 0.3) is 21.5 Å². The highest BCUT2D eigenvalue weighted by molar-refractivity contribution is 9.10. The first kappa shape index (κ1) is 20.0. The Morgan fingerprint density at radius 3 is 2.62 bits per heavy atom. The van der Waals surface area contributed by atoms with Gasteiger partial charge in [-0.1, -0.05) is 28.1 Å². The number of morpholine rings is 1. The molecule has 4 rings (SSSR count). The van der Waals surface area contributed by atoms with Gasteiger partial charge in [-0.2, -0.15) is 0 Å². The summed E-state index contributed by atoms with van der Waals surface area (Å²) in [6.45, 7) is 6.71. The second-order valence-electron chi connectivity index (χ2n) is 6.85. The molecule has 2 aromatic heterocycles. The predicted octanol–water partition coefficient (Wildman–Crippen LogP) is 5.11. The maximum absolute atomic E-state index is 11.9. The molecule has 8 heteroatoms. The minimum absolute atomic E-state index is 0.219. The average molecular weight is 474 g/mol. The number of rotatable bonds is 3. The number of hydrogen-bond donors (Lipinski definition) is 1. The number of benzene rings is 1. The summed E-state index contributed by atoms with van der Waals surface area (Å²) < 4.78 is 6.40. The van der Waals surface area contributed by atoms with Gasteiger partial charge in [0.1, 0.15) is 21.2 Å². The van der Waals surface area contributed by atoms with Crippen molar-refractivity contribution in [3.05, 3.63) is 45.2 Å². The summed E-state index contributed by atoms with van der Waals surface area (Å²) in [6, 6.07) is 9.91. The SMILES string of the molecule is CC(=Nc1c(C(=O)O)sc2nc(-c3ccc(Br)cc3)cc(C)c12)N1CCOCC1. The third-order valence-corrected chi connectivity index (χ3v) is 6.50. The van der Waals surface area contributed by atoms with Gasteiger partial charge in [-0.15, -0.1) is 11.3 Å². The number of carboxylic acids is 1. The number of hydrogen-bond acceptors (Lipinski definition) is 5. The lowest BCUT2D eigenvalue weighted by molar-refractivity contribution is 0.0677. The number of fused-ring (bicyclic) bond motifs is 1. The van der Waals surface area contributed by atoms with Crippen LogP contribution in [0.15, 0.2) is 39.8 Å². The average Bonchev–Trinajstić information content (AvgIpc) is 3.08. The Bertz CT molecular complexity index is 1100. The lowest BCUT2D eigenvalue weighted by Gasteiger charge is -2.28. The third-order valence-electron chi connectivity index (χ3n) is 4.91. The minimum Gasteiger partial charge on any atom is -0.477 e. The van der Waals surface area contributed by atoms with Crippen LogP contribution in [0.5, 0.6) is 0 Å². The van der Waals surface area contributed by atoms with Crippen LogP contribution in [0.2, 0.25) is 0 Å². The summed E-state index contributed by atoms with van der Waals surface area (Å²) in [5.74, 6) is -0.182. The molecule has 0 saturated carbocycles. The van der Waals surface area contributed by atoms with E-state index in [1.165, 1.54) is 11.3 Å². The molecule has 150 valence electrons. The third kappa shape index (κ3) is 4.05. The number of aryl methyl sites for hydroxylation is 1. The molecule has 29 heavy (non-hydrogen) atoms. The van der Waals surface area contributed by atoms with Crippen molar-refractivity contribution in [2.75, 3.05) is 26.3 Å².